The molecule has 2 rings (SSSR count). The van der Waals surface area contributed by atoms with E-state index in [-0.39, 0.29) is 5.78 Å². The highest BCUT2D eigenvalue weighted by atomic mass is 79.9. The number of hydrogen-bond donors (Lipinski definition) is 0. The lowest BCUT2D eigenvalue weighted by molar-refractivity contribution is 0.0999. The predicted octanol–water partition coefficient (Wildman–Crippen LogP) is 4.94. The summed E-state index contributed by atoms with van der Waals surface area (Å²) in [5.74, 6) is 0.155. The van der Waals surface area contributed by atoms with Gasteiger partial charge in [0.15, 0.2) is 5.78 Å². The number of unbranched alkanes of at least 4 members (excludes halogenated alkanes) is 1. The molecular formula is C18H20BrNO. The van der Waals surface area contributed by atoms with Crippen LogP contribution in [0.5, 0.6) is 0 Å². The maximum Gasteiger partial charge on any atom is 0.182 e. The van der Waals surface area contributed by atoms with Gasteiger partial charge in [0.25, 0.3) is 0 Å². The van der Waals surface area contributed by atoms with E-state index in [1.165, 1.54) is 0 Å². The quantitative estimate of drug-likeness (QED) is 0.662. The second kappa shape index (κ2) is 7.99. The van der Waals surface area contributed by atoms with Crippen LogP contribution in [0.25, 0.3) is 0 Å². The summed E-state index contributed by atoms with van der Waals surface area (Å²) in [6, 6.07) is 17.7. The Morgan fingerprint density at radius 3 is 2.33 bits per heavy atom. The Balaban J connectivity index is 2.11. The average Bonchev–Trinajstić information content (AvgIpc) is 2.52. The zero-order valence-electron chi connectivity index (χ0n) is 12.3. The van der Waals surface area contributed by atoms with Crippen molar-refractivity contribution in [3.63, 3.8) is 0 Å². The van der Waals surface area contributed by atoms with Crippen molar-refractivity contribution in [3.8, 4) is 0 Å². The second-order valence-electron chi connectivity index (χ2n) is 5.04. The fraction of sp³-hybridized carbons (Fsp3) is 0.278. The number of ketones is 1. The highest BCUT2D eigenvalue weighted by Crippen LogP contribution is 2.16. The summed E-state index contributed by atoms with van der Waals surface area (Å²) in [6.45, 7) is 3.49. The summed E-state index contributed by atoms with van der Waals surface area (Å²) in [4.78, 5) is 14.6. The second-order valence-corrected chi connectivity index (χ2v) is 5.96. The van der Waals surface area contributed by atoms with Gasteiger partial charge in [-0.2, -0.15) is 0 Å². The molecule has 0 aliphatic carbocycles. The molecule has 2 nitrogen and oxygen atoms in total. The monoisotopic (exact) mass is 345 g/mol. The Bertz CT molecular complexity index is 566. The molecule has 110 valence electrons. The van der Waals surface area contributed by atoms with E-state index in [0.29, 0.717) is 6.54 Å². The number of para-hydroxylation sites is 1. The molecule has 21 heavy (non-hydrogen) atoms. The van der Waals surface area contributed by atoms with E-state index >= 15 is 0 Å². The summed E-state index contributed by atoms with van der Waals surface area (Å²) in [5.41, 5.74) is 1.87. The Hall–Kier alpha value is -1.61. The van der Waals surface area contributed by atoms with Crippen molar-refractivity contribution in [3.05, 3.63) is 64.6 Å². The first kappa shape index (κ1) is 15.8. The number of benzene rings is 2. The fourth-order valence-corrected chi connectivity index (χ4v) is 2.45. The Morgan fingerprint density at radius 1 is 1.05 bits per heavy atom. The van der Waals surface area contributed by atoms with E-state index in [2.05, 4.69) is 39.9 Å². The molecule has 0 amide bonds. The molecule has 2 aromatic rings. The van der Waals surface area contributed by atoms with Crippen LogP contribution >= 0.6 is 15.9 Å². The van der Waals surface area contributed by atoms with Crippen LogP contribution in [-0.2, 0) is 0 Å². The molecule has 0 unspecified atom stereocenters. The van der Waals surface area contributed by atoms with Gasteiger partial charge in [-0.05, 0) is 30.7 Å². The van der Waals surface area contributed by atoms with Crippen molar-refractivity contribution in [2.24, 2.45) is 0 Å². The van der Waals surface area contributed by atoms with E-state index in [0.717, 1.165) is 35.1 Å². The minimum atomic E-state index is 0.155. The number of halogens is 1. The van der Waals surface area contributed by atoms with Crippen LogP contribution in [0.15, 0.2) is 59.1 Å². The number of Topliss-reactive ketones (excluding diaryl/α,β-unsaturated/α-hetero) is 1. The summed E-state index contributed by atoms with van der Waals surface area (Å²) < 4.78 is 0.991. The predicted molar refractivity (Wildman–Crippen MR) is 92.0 cm³/mol. The molecule has 0 saturated carbocycles. The minimum absolute atomic E-state index is 0.155. The molecule has 0 aromatic heterocycles. The molecule has 0 spiro atoms. The van der Waals surface area contributed by atoms with Gasteiger partial charge in [0.2, 0.25) is 0 Å². The van der Waals surface area contributed by atoms with Crippen molar-refractivity contribution in [2.75, 3.05) is 18.0 Å². The molecule has 3 heteroatoms. The van der Waals surface area contributed by atoms with Gasteiger partial charge in [-0.3, -0.25) is 4.79 Å². The van der Waals surface area contributed by atoms with Crippen LogP contribution in [0, 0.1) is 0 Å². The topological polar surface area (TPSA) is 20.3 Å². The van der Waals surface area contributed by atoms with Crippen LogP contribution in [0.4, 0.5) is 5.69 Å². The maximum absolute atomic E-state index is 12.4. The van der Waals surface area contributed by atoms with Gasteiger partial charge in [0.05, 0.1) is 6.54 Å². The molecule has 2 aromatic carbocycles. The van der Waals surface area contributed by atoms with Crippen LogP contribution < -0.4 is 4.90 Å². The smallest absolute Gasteiger partial charge is 0.182 e. The van der Waals surface area contributed by atoms with E-state index in [4.69, 9.17) is 0 Å². The SMILES string of the molecule is CCCCN(CC(=O)c1ccc(Br)cc1)c1ccccc1. The van der Waals surface area contributed by atoms with Gasteiger partial charge >= 0.3 is 0 Å². The molecular weight excluding hydrogens is 326 g/mol. The van der Waals surface area contributed by atoms with Gasteiger partial charge in [-0.15, -0.1) is 0 Å². The Morgan fingerprint density at radius 2 is 1.71 bits per heavy atom. The fourth-order valence-electron chi connectivity index (χ4n) is 2.19. The standard InChI is InChI=1S/C18H20BrNO/c1-2-3-13-20(17-7-5-4-6-8-17)14-18(21)15-9-11-16(19)12-10-15/h4-12H,2-3,13-14H2,1H3. The third kappa shape index (κ3) is 4.71. The lowest BCUT2D eigenvalue weighted by Gasteiger charge is -2.24. The van der Waals surface area contributed by atoms with Crippen molar-refractivity contribution in [1.29, 1.82) is 0 Å². The van der Waals surface area contributed by atoms with Crippen molar-refractivity contribution in [2.45, 2.75) is 19.8 Å². The van der Waals surface area contributed by atoms with Gasteiger partial charge in [0, 0.05) is 22.3 Å². The Kier molecular flexibility index (Phi) is 6.00. The van der Waals surface area contributed by atoms with Crippen LogP contribution in [-0.4, -0.2) is 18.9 Å². The number of carbonyl (C=O) groups excluding carboxylic acids is 1. The molecule has 0 bridgehead atoms. The zero-order valence-corrected chi connectivity index (χ0v) is 13.8. The summed E-state index contributed by atoms with van der Waals surface area (Å²) in [6.07, 6.45) is 2.21. The highest BCUT2D eigenvalue weighted by molar-refractivity contribution is 9.10. The summed E-state index contributed by atoms with van der Waals surface area (Å²) in [7, 11) is 0. The third-order valence-corrected chi connectivity index (χ3v) is 3.93. The molecule has 0 atom stereocenters. The number of hydrogen-bond acceptors (Lipinski definition) is 2. The summed E-state index contributed by atoms with van der Waals surface area (Å²) >= 11 is 3.39. The molecule has 0 saturated heterocycles. The molecule has 0 fully saturated rings. The largest absolute Gasteiger partial charge is 0.364 e. The van der Waals surface area contributed by atoms with Gasteiger partial charge in [-0.1, -0.05) is 59.6 Å². The molecule has 0 aliphatic rings. The zero-order chi connectivity index (χ0) is 15.1. The maximum atomic E-state index is 12.4. The first-order valence-electron chi connectivity index (χ1n) is 7.29. The number of anilines is 1. The van der Waals surface area contributed by atoms with Crippen LogP contribution in [0.2, 0.25) is 0 Å². The average molecular weight is 346 g/mol. The molecule has 0 radical (unpaired) electrons. The van der Waals surface area contributed by atoms with Crippen LogP contribution in [0.1, 0.15) is 30.1 Å². The first-order chi connectivity index (χ1) is 10.2. The highest BCUT2D eigenvalue weighted by Gasteiger charge is 2.12. The van der Waals surface area contributed by atoms with E-state index < -0.39 is 0 Å². The van der Waals surface area contributed by atoms with Crippen molar-refractivity contribution in [1.82, 2.24) is 0 Å². The van der Waals surface area contributed by atoms with E-state index in [9.17, 15) is 4.79 Å². The normalized spacial score (nSPS) is 10.4. The summed E-state index contributed by atoms with van der Waals surface area (Å²) in [5, 5.41) is 0. The number of nitrogens with zero attached hydrogens (tertiary/aromatic N) is 1. The number of carbonyl (C=O) groups is 1. The third-order valence-electron chi connectivity index (χ3n) is 3.40. The molecule has 0 N–H and O–H groups in total. The van der Waals surface area contributed by atoms with Gasteiger partial charge < -0.3 is 4.90 Å². The minimum Gasteiger partial charge on any atom is -0.364 e. The number of rotatable bonds is 7. The Labute approximate surface area is 134 Å². The van der Waals surface area contributed by atoms with E-state index in [1.807, 2.05) is 42.5 Å². The molecule has 0 heterocycles. The van der Waals surface area contributed by atoms with Crippen LogP contribution in [0.3, 0.4) is 0 Å². The van der Waals surface area contributed by atoms with Crippen molar-refractivity contribution < 1.29 is 4.79 Å². The lowest BCUT2D eigenvalue weighted by Crippen LogP contribution is -2.30. The van der Waals surface area contributed by atoms with E-state index in [1.54, 1.807) is 0 Å². The van der Waals surface area contributed by atoms with Gasteiger partial charge in [-0.25, -0.2) is 0 Å². The van der Waals surface area contributed by atoms with Gasteiger partial charge in [0.1, 0.15) is 0 Å². The van der Waals surface area contributed by atoms with Crippen molar-refractivity contribution >= 4 is 27.4 Å². The first-order valence-corrected chi connectivity index (χ1v) is 8.08. The lowest BCUT2D eigenvalue weighted by atomic mass is 10.1. The molecule has 0 aliphatic heterocycles.